The molecule has 7 heteroatoms. The number of carbonyl (C=O) groups is 2. The van der Waals surface area contributed by atoms with Crippen molar-refractivity contribution in [3.05, 3.63) is 95.7 Å². The van der Waals surface area contributed by atoms with Gasteiger partial charge in [-0.05, 0) is 63.1 Å². The summed E-state index contributed by atoms with van der Waals surface area (Å²) in [6, 6.07) is 25.3. The maximum atomic E-state index is 13.4. The van der Waals surface area contributed by atoms with Gasteiger partial charge in [0.2, 0.25) is 0 Å². The highest BCUT2D eigenvalue weighted by Crippen LogP contribution is 2.36. The van der Waals surface area contributed by atoms with Gasteiger partial charge in [0, 0.05) is 23.1 Å². The van der Waals surface area contributed by atoms with Gasteiger partial charge in [0.1, 0.15) is 11.4 Å². The molecule has 208 valence electrons. The van der Waals surface area contributed by atoms with Gasteiger partial charge in [0.25, 0.3) is 0 Å². The second-order valence-electron chi connectivity index (χ2n) is 10.5. The number of amides is 1. The lowest BCUT2D eigenvalue weighted by atomic mass is 9.97. The minimum atomic E-state index is -0.656. The Morgan fingerprint density at radius 2 is 1.57 bits per heavy atom. The minimum absolute atomic E-state index is 0.138. The zero-order valence-corrected chi connectivity index (χ0v) is 23.8. The number of hydrogen-bond acceptors (Lipinski definition) is 6. The molecule has 0 bridgehead atoms. The first-order valence-corrected chi connectivity index (χ1v) is 13.4. The average molecular weight is 541 g/mol. The van der Waals surface area contributed by atoms with Gasteiger partial charge in [-0.1, -0.05) is 54.6 Å². The van der Waals surface area contributed by atoms with E-state index in [9.17, 15) is 9.59 Å². The van der Waals surface area contributed by atoms with E-state index in [1.54, 1.807) is 18.9 Å². The van der Waals surface area contributed by atoms with E-state index in [2.05, 4.69) is 6.07 Å². The lowest BCUT2D eigenvalue weighted by Crippen LogP contribution is -2.36. The quantitative estimate of drug-likeness (QED) is 0.214. The van der Waals surface area contributed by atoms with Gasteiger partial charge < -0.3 is 14.2 Å². The number of methoxy groups -OCH3 is 1. The summed E-state index contributed by atoms with van der Waals surface area (Å²) < 4.78 is 16.7. The number of pyridine rings is 1. The Hall–Kier alpha value is -4.39. The molecule has 0 spiro atoms. The van der Waals surface area contributed by atoms with Crippen LogP contribution < -0.4 is 4.74 Å². The fourth-order valence-corrected chi connectivity index (χ4v) is 4.46. The molecule has 0 N–H and O–H groups in total. The molecule has 7 nitrogen and oxygen atoms in total. The maximum Gasteiger partial charge on any atom is 0.410 e. The molecule has 0 fully saturated rings. The van der Waals surface area contributed by atoms with Crippen molar-refractivity contribution < 1.29 is 23.8 Å². The standard InChI is InChI=1S/C33H36N2O5/c1-6-39-31(36)19-24-16-17-30(38-5)27(18-24)26-20-25-14-10-11-15-28(25)34-29(26)22-35(32(37)40-33(2,3)4)21-23-12-8-7-9-13-23/h7-18,20H,6,19,21-22H2,1-5H3. The van der Waals surface area contributed by atoms with Gasteiger partial charge in [-0.3, -0.25) is 14.7 Å². The topological polar surface area (TPSA) is 78.0 Å². The Labute approximate surface area is 235 Å². The van der Waals surface area contributed by atoms with E-state index in [4.69, 9.17) is 19.2 Å². The summed E-state index contributed by atoms with van der Waals surface area (Å²) in [5, 5.41) is 0.950. The Morgan fingerprint density at radius 1 is 0.850 bits per heavy atom. The van der Waals surface area contributed by atoms with E-state index >= 15 is 0 Å². The van der Waals surface area contributed by atoms with Crippen molar-refractivity contribution in [1.82, 2.24) is 9.88 Å². The molecule has 40 heavy (non-hydrogen) atoms. The van der Waals surface area contributed by atoms with Crippen molar-refractivity contribution in [3.63, 3.8) is 0 Å². The number of nitrogens with zero attached hydrogens (tertiary/aromatic N) is 2. The van der Waals surface area contributed by atoms with Crippen molar-refractivity contribution in [2.24, 2.45) is 0 Å². The summed E-state index contributed by atoms with van der Waals surface area (Å²) in [4.78, 5) is 32.4. The Bertz CT molecular complexity index is 1480. The first-order valence-electron chi connectivity index (χ1n) is 13.4. The van der Waals surface area contributed by atoms with Crippen molar-refractivity contribution in [3.8, 4) is 16.9 Å². The monoisotopic (exact) mass is 540 g/mol. The SMILES string of the molecule is CCOC(=O)Cc1ccc(OC)c(-c2cc3ccccc3nc2CN(Cc2ccccc2)C(=O)OC(C)(C)C)c1. The minimum Gasteiger partial charge on any atom is -0.496 e. The van der Waals surface area contributed by atoms with E-state index in [0.717, 1.165) is 33.2 Å². The normalized spacial score (nSPS) is 11.2. The third kappa shape index (κ3) is 7.38. The van der Waals surface area contributed by atoms with Gasteiger partial charge >= 0.3 is 12.1 Å². The van der Waals surface area contributed by atoms with Crippen LogP contribution in [0.15, 0.2) is 78.9 Å². The summed E-state index contributed by atoms with van der Waals surface area (Å²) in [5.74, 6) is 0.340. The van der Waals surface area contributed by atoms with Gasteiger partial charge in [-0.15, -0.1) is 0 Å². The molecule has 0 saturated heterocycles. The van der Waals surface area contributed by atoms with Gasteiger partial charge in [0.15, 0.2) is 0 Å². The molecule has 4 rings (SSSR count). The summed E-state index contributed by atoms with van der Waals surface area (Å²) in [5.41, 5.74) is 4.20. The zero-order valence-electron chi connectivity index (χ0n) is 23.8. The second kappa shape index (κ2) is 12.6. The van der Waals surface area contributed by atoms with Crippen LogP contribution in [-0.4, -0.2) is 41.3 Å². The molecular weight excluding hydrogens is 504 g/mol. The van der Waals surface area contributed by atoms with Crippen molar-refractivity contribution in [2.75, 3.05) is 13.7 Å². The number of rotatable bonds is 9. The number of carbonyl (C=O) groups excluding carboxylic acids is 2. The number of ether oxygens (including phenoxy) is 3. The molecule has 0 saturated carbocycles. The highest BCUT2D eigenvalue weighted by Gasteiger charge is 2.25. The lowest BCUT2D eigenvalue weighted by molar-refractivity contribution is -0.142. The van der Waals surface area contributed by atoms with E-state index < -0.39 is 11.7 Å². The Kier molecular flexibility index (Phi) is 9.04. The van der Waals surface area contributed by atoms with E-state index in [1.165, 1.54) is 0 Å². The van der Waals surface area contributed by atoms with Crippen LogP contribution in [0.1, 0.15) is 44.5 Å². The summed E-state index contributed by atoms with van der Waals surface area (Å²) in [6.45, 7) is 8.22. The number of esters is 1. The molecule has 1 amide bonds. The van der Waals surface area contributed by atoms with Crippen LogP contribution in [0.5, 0.6) is 5.75 Å². The number of para-hydroxylation sites is 1. The van der Waals surface area contributed by atoms with Crippen LogP contribution in [0.2, 0.25) is 0 Å². The highest BCUT2D eigenvalue weighted by atomic mass is 16.6. The Morgan fingerprint density at radius 3 is 2.27 bits per heavy atom. The second-order valence-corrected chi connectivity index (χ2v) is 10.5. The number of fused-ring (bicyclic) bond motifs is 1. The van der Waals surface area contributed by atoms with E-state index in [0.29, 0.717) is 24.6 Å². The molecule has 0 atom stereocenters. The number of benzene rings is 3. The van der Waals surface area contributed by atoms with E-state index in [1.807, 2.05) is 93.6 Å². The fraction of sp³-hybridized carbons (Fsp3) is 0.303. The largest absolute Gasteiger partial charge is 0.496 e. The first kappa shape index (κ1) is 28.6. The third-order valence-corrected chi connectivity index (χ3v) is 6.22. The Balaban J connectivity index is 1.82. The van der Waals surface area contributed by atoms with Gasteiger partial charge in [-0.25, -0.2) is 4.79 Å². The predicted octanol–water partition coefficient (Wildman–Crippen LogP) is 6.95. The van der Waals surface area contributed by atoms with Crippen LogP contribution >= 0.6 is 0 Å². The van der Waals surface area contributed by atoms with Crippen LogP contribution in [0.3, 0.4) is 0 Å². The van der Waals surface area contributed by atoms with Gasteiger partial charge in [0.05, 0.1) is 37.9 Å². The van der Waals surface area contributed by atoms with Crippen LogP contribution in [0.25, 0.3) is 22.0 Å². The highest BCUT2D eigenvalue weighted by molar-refractivity contribution is 5.87. The molecule has 1 aromatic heterocycles. The van der Waals surface area contributed by atoms with Crippen LogP contribution in [0.4, 0.5) is 4.79 Å². The molecule has 0 radical (unpaired) electrons. The lowest BCUT2D eigenvalue weighted by Gasteiger charge is -2.28. The van der Waals surface area contributed by atoms with Crippen molar-refractivity contribution in [1.29, 1.82) is 0 Å². The zero-order chi connectivity index (χ0) is 28.7. The van der Waals surface area contributed by atoms with Gasteiger partial charge in [-0.2, -0.15) is 0 Å². The smallest absolute Gasteiger partial charge is 0.410 e. The first-order chi connectivity index (χ1) is 19.2. The van der Waals surface area contributed by atoms with Crippen molar-refractivity contribution in [2.45, 2.75) is 52.8 Å². The van der Waals surface area contributed by atoms with Crippen molar-refractivity contribution >= 4 is 23.0 Å². The molecule has 4 aromatic rings. The summed E-state index contributed by atoms with van der Waals surface area (Å²) in [7, 11) is 1.61. The molecule has 0 unspecified atom stereocenters. The summed E-state index contributed by atoms with van der Waals surface area (Å²) >= 11 is 0. The predicted molar refractivity (Wildman–Crippen MR) is 156 cm³/mol. The maximum absolute atomic E-state index is 13.4. The third-order valence-electron chi connectivity index (χ3n) is 6.22. The number of aromatic nitrogens is 1. The van der Waals surface area contributed by atoms with E-state index in [-0.39, 0.29) is 18.9 Å². The molecular formula is C33H36N2O5. The van der Waals surface area contributed by atoms with Crippen LogP contribution in [-0.2, 0) is 33.8 Å². The molecule has 0 aliphatic carbocycles. The molecule has 3 aromatic carbocycles. The van der Waals surface area contributed by atoms with Crippen LogP contribution in [0, 0.1) is 0 Å². The number of hydrogen-bond donors (Lipinski definition) is 0. The fourth-order valence-electron chi connectivity index (χ4n) is 4.46. The average Bonchev–Trinajstić information content (AvgIpc) is 2.92. The molecule has 0 aliphatic rings. The molecule has 0 aliphatic heterocycles. The molecule has 1 heterocycles. The summed E-state index contributed by atoms with van der Waals surface area (Å²) in [6.07, 6.45) is -0.292.